The average molecular weight is 438 g/mol. The normalized spacial score (nSPS) is 15.9. The van der Waals surface area contributed by atoms with Crippen molar-refractivity contribution in [3.05, 3.63) is 76.3 Å². The maximum absolute atomic E-state index is 13.0. The minimum Gasteiger partial charge on any atom is -0.349 e. The second-order valence-electron chi connectivity index (χ2n) is 7.39. The number of hydrogen-bond acceptors (Lipinski definition) is 5. The van der Waals surface area contributed by atoms with Crippen LogP contribution in [-0.2, 0) is 11.3 Å². The number of amides is 2. The molecule has 1 aliphatic heterocycles. The van der Waals surface area contributed by atoms with Gasteiger partial charge in [0.15, 0.2) is 0 Å². The highest BCUT2D eigenvalue weighted by molar-refractivity contribution is 7.99. The molecule has 0 saturated carbocycles. The third-order valence-electron chi connectivity index (χ3n) is 4.93. The maximum atomic E-state index is 13.0. The molecule has 4 rings (SSSR count). The van der Waals surface area contributed by atoms with E-state index in [0.717, 1.165) is 27.4 Å². The molecule has 1 N–H and O–H groups in total. The van der Waals surface area contributed by atoms with Gasteiger partial charge in [-0.15, -0.1) is 23.1 Å². The molecule has 0 aliphatic carbocycles. The quantitative estimate of drug-likeness (QED) is 0.648. The fourth-order valence-electron chi connectivity index (χ4n) is 3.52. The van der Waals surface area contributed by atoms with E-state index >= 15 is 0 Å². The third kappa shape index (κ3) is 4.57. The van der Waals surface area contributed by atoms with Crippen LogP contribution in [0.25, 0.3) is 10.6 Å². The summed E-state index contributed by atoms with van der Waals surface area (Å²) in [5.74, 6) is 0.909. The van der Waals surface area contributed by atoms with E-state index in [1.165, 1.54) is 0 Å². The Kier molecular flexibility index (Phi) is 6.20. The number of aromatic nitrogens is 1. The summed E-state index contributed by atoms with van der Waals surface area (Å²) in [6.45, 7) is 4.31. The predicted octanol–water partition coefficient (Wildman–Crippen LogP) is 4.26. The molecule has 154 valence electrons. The van der Waals surface area contributed by atoms with Gasteiger partial charge in [-0.25, -0.2) is 4.98 Å². The summed E-state index contributed by atoms with van der Waals surface area (Å²) in [4.78, 5) is 32.1. The molecule has 0 spiro atoms. The van der Waals surface area contributed by atoms with Gasteiger partial charge in [0, 0.05) is 22.3 Å². The second-order valence-corrected chi connectivity index (χ2v) is 9.25. The monoisotopic (exact) mass is 437 g/mol. The zero-order valence-corrected chi connectivity index (χ0v) is 18.6. The van der Waals surface area contributed by atoms with Crippen LogP contribution in [0.5, 0.6) is 0 Å². The molecule has 1 fully saturated rings. The van der Waals surface area contributed by atoms with E-state index in [1.807, 2.05) is 67.8 Å². The number of thioether (sulfide) groups is 1. The lowest BCUT2D eigenvalue weighted by Gasteiger charge is -2.23. The van der Waals surface area contributed by atoms with Crippen LogP contribution < -0.4 is 5.32 Å². The molecule has 30 heavy (non-hydrogen) atoms. The molecule has 0 bridgehead atoms. The summed E-state index contributed by atoms with van der Waals surface area (Å²) in [6, 6.07) is 15.3. The molecule has 2 amide bonds. The van der Waals surface area contributed by atoms with Gasteiger partial charge in [0.1, 0.15) is 11.0 Å². The molecule has 3 aromatic rings. The lowest BCUT2D eigenvalue weighted by molar-refractivity contribution is -0.124. The van der Waals surface area contributed by atoms with E-state index in [0.29, 0.717) is 23.7 Å². The lowest BCUT2D eigenvalue weighted by Crippen LogP contribution is -2.47. The van der Waals surface area contributed by atoms with Crippen molar-refractivity contribution >= 4 is 34.9 Å². The van der Waals surface area contributed by atoms with Gasteiger partial charge in [0.2, 0.25) is 5.91 Å². The number of nitrogens with one attached hydrogen (secondary N) is 1. The van der Waals surface area contributed by atoms with Crippen molar-refractivity contribution in [2.24, 2.45) is 0 Å². The minimum atomic E-state index is -0.462. The second kappa shape index (κ2) is 9.02. The summed E-state index contributed by atoms with van der Waals surface area (Å²) in [5.41, 5.74) is 4.62. The lowest BCUT2D eigenvalue weighted by atomic mass is 10.1. The smallest absolute Gasteiger partial charge is 0.255 e. The van der Waals surface area contributed by atoms with Gasteiger partial charge in [-0.2, -0.15) is 0 Å². The van der Waals surface area contributed by atoms with Crippen molar-refractivity contribution in [1.82, 2.24) is 15.2 Å². The highest BCUT2D eigenvalue weighted by Gasteiger charge is 2.35. The molecule has 2 aromatic carbocycles. The summed E-state index contributed by atoms with van der Waals surface area (Å²) >= 11 is 3.16. The van der Waals surface area contributed by atoms with E-state index in [4.69, 9.17) is 0 Å². The Morgan fingerprint density at radius 2 is 1.87 bits per heavy atom. The minimum absolute atomic E-state index is 0.0908. The molecule has 1 aromatic heterocycles. The van der Waals surface area contributed by atoms with Crippen molar-refractivity contribution in [3.8, 4) is 10.6 Å². The number of carbonyl (C=O) groups excluding carboxylic acids is 2. The summed E-state index contributed by atoms with van der Waals surface area (Å²) in [6.07, 6.45) is 0. The van der Waals surface area contributed by atoms with Gasteiger partial charge >= 0.3 is 0 Å². The Morgan fingerprint density at radius 3 is 2.60 bits per heavy atom. The zero-order valence-electron chi connectivity index (χ0n) is 16.9. The molecule has 5 nitrogen and oxygen atoms in total. The van der Waals surface area contributed by atoms with Crippen LogP contribution in [-0.4, -0.2) is 39.4 Å². The van der Waals surface area contributed by atoms with Crippen molar-refractivity contribution < 1.29 is 9.59 Å². The largest absolute Gasteiger partial charge is 0.349 e. The number of carbonyl (C=O) groups is 2. The molecule has 7 heteroatoms. The highest BCUT2D eigenvalue weighted by Crippen LogP contribution is 2.25. The number of rotatable bonds is 5. The van der Waals surface area contributed by atoms with Crippen LogP contribution in [0.2, 0.25) is 0 Å². The number of aryl methyl sites for hydroxylation is 2. The summed E-state index contributed by atoms with van der Waals surface area (Å²) in [5, 5.41) is 5.86. The molecule has 2 heterocycles. The van der Waals surface area contributed by atoms with Crippen LogP contribution in [0.4, 0.5) is 0 Å². The van der Waals surface area contributed by atoms with Gasteiger partial charge in [0.25, 0.3) is 5.91 Å². The Balaban J connectivity index is 1.40. The maximum Gasteiger partial charge on any atom is 0.255 e. The van der Waals surface area contributed by atoms with E-state index in [2.05, 4.69) is 10.3 Å². The van der Waals surface area contributed by atoms with Gasteiger partial charge in [-0.1, -0.05) is 47.5 Å². The van der Waals surface area contributed by atoms with Crippen molar-refractivity contribution in [2.45, 2.75) is 26.4 Å². The first kappa shape index (κ1) is 20.6. The van der Waals surface area contributed by atoms with Crippen LogP contribution in [0.15, 0.2) is 53.9 Å². The zero-order chi connectivity index (χ0) is 21.1. The number of nitrogens with zero attached hydrogens (tertiary/aromatic N) is 2. The third-order valence-corrected chi connectivity index (χ3v) is 6.88. The average Bonchev–Trinajstić information content (AvgIpc) is 3.41. The van der Waals surface area contributed by atoms with Crippen LogP contribution in [0, 0.1) is 13.8 Å². The highest BCUT2D eigenvalue weighted by atomic mass is 32.2. The molecule has 1 atom stereocenters. The molecular weight excluding hydrogens is 414 g/mol. The fourth-order valence-corrected chi connectivity index (χ4v) is 5.50. The number of hydrogen-bond donors (Lipinski definition) is 1. The number of thiazole rings is 1. The van der Waals surface area contributed by atoms with E-state index in [9.17, 15) is 9.59 Å². The van der Waals surface area contributed by atoms with Gasteiger partial charge < -0.3 is 10.2 Å². The van der Waals surface area contributed by atoms with Crippen molar-refractivity contribution in [1.29, 1.82) is 0 Å². The molecule has 1 saturated heterocycles. The first-order valence-electron chi connectivity index (χ1n) is 9.76. The summed E-state index contributed by atoms with van der Waals surface area (Å²) < 4.78 is 0. The Hall–Kier alpha value is -2.64. The van der Waals surface area contributed by atoms with Crippen LogP contribution in [0.3, 0.4) is 0 Å². The van der Waals surface area contributed by atoms with Crippen molar-refractivity contribution in [2.75, 3.05) is 11.6 Å². The first-order valence-corrected chi connectivity index (χ1v) is 11.8. The predicted molar refractivity (Wildman–Crippen MR) is 123 cm³/mol. The standard InChI is InChI=1S/C23H23N3O2S2/c1-15-8-16(2)10-18(9-15)23(28)26-14-29-13-20(26)21(27)24-11-19-12-30-22(25-19)17-6-4-3-5-7-17/h3-10,12,20H,11,13-14H2,1-2H3,(H,24,27)/t20-/m1/s1. The van der Waals surface area contributed by atoms with E-state index < -0.39 is 6.04 Å². The first-order chi connectivity index (χ1) is 14.5. The fraction of sp³-hybridized carbons (Fsp3) is 0.261. The Bertz CT molecular complexity index is 1050. The van der Waals surface area contributed by atoms with Crippen LogP contribution >= 0.6 is 23.1 Å². The van der Waals surface area contributed by atoms with E-state index in [-0.39, 0.29) is 11.8 Å². The van der Waals surface area contributed by atoms with E-state index in [1.54, 1.807) is 28.0 Å². The molecule has 1 aliphatic rings. The number of benzene rings is 2. The summed E-state index contributed by atoms with van der Waals surface area (Å²) in [7, 11) is 0. The molecule has 0 radical (unpaired) electrons. The van der Waals surface area contributed by atoms with Crippen LogP contribution in [0.1, 0.15) is 27.2 Å². The van der Waals surface area contributed by atoms with Gasteiger partial charge in [0.05, 0.1) is 18.1 Å². The molecular formula is C23H23N3O2S2. The Labute approximate surface area is 184 Å². The van der Waals surface area contributed by atoms with Gasteiger partial charge in [-0.3, -0.25) is 9.59 Å². The van der Waals surface area contributed by atoms with Crippen molar-refractivity contribution in [3.63, 3.8) is 0 Å². The topological polar surface area (TPSA) is 62.3 Å². The SMILES string of the molecule is Cc1cc(C)cc(C(=O)N2CSC[C@@H]2C(=O)NCc2csc(-c3ccccc3)n2)c1. The Morgan fingerprint density at radius 1 is 1.13 bits per heavy atom. The van der Waals surface area contributed by atoms with Gasteiger partial charge in [-0.05, 0) is 26.0 Å². The molecule has 0 unspecified atom stereocenters.